The summed E-state index contributed by atoms with van der Waals surface area (Å²) in [4.78, 5) is 27.8. The molecule has 0 aliphatic heterocycles. The summed E-state index contributed by atoms with van der Waals surface area (Å²) in [6.45, 7) is 11.6. The fourth-order valence-corrected chi connectivity index (χ4v) is 4.29. The number of alkyl halides is 3. The van der Waals surface area contributed by atoms with Gasteiger partial charge in [0.1, 0.15) is 5.75 Å². The molecule has 3 aromatic rings. The lowest BCUT2D eigenvalue weighted by Gasteiger charge is -2.27. The highest BCUT2D eigenvalue weighted by atomic mass is 19.4. The molecule has 0 bridgehead atoms. The summed E-state index contributed by atoms with van der Waals surface area (Å²) in [6, 6.07) is 18.3. The number of carbonyl (C=O) groups is 2. The predicted octanol–water partition coefficient (Wildman–Crippen LogP) is 7.01. The molecule has 0 atom stereocenters. The fraction of sp³-hybridized carbons (Fsp3) is 0.333. The maximum Gasteiger partial charge on any atom is 0.573 e. The summed E-state index contributed by atoms with van der Waals surface area (Å²) in [6.07, 6.45) is -4.81. The molecule has 1 amide bonds. The van der Waals surface area contributed by atoms with Gasteiger partial charge in [-0.2, -0.15) is 0 Å². The van der Waals surface area contributed by atoms with E-state index in [0.29, 0.717) is 29.9 Å². The third-order valence-electron chi connectivity index (χ3n) is 6.38. The Bertz CT molecular complexity index is 1290. The van der Waals surface area contributed by atoms with Crippen LogP contribution in [0.4, 0.5) is 24.5 Å². The van der Waals surface area contributed by atoms with Crippen molar-refractivity contribution in [2.75, 3.05) is 22.9 Å². The molecule has 0 saturated carbocycles. The van der Waals surface area contributed by atoms with E-state index in [4.69, 9.17) is 0 Å². The number of carbonyl (C=O) groups excluding carboxylic acids is 1. The molecule has 0 aromatic heterocycles. The van der Waals surface area contributed by atoms with Crippen LogP contribution in [-0.2, 0) is 21.5 Å². The van der Waals surface area contributed by atoms with E-state index >= 15 is 0 Å². The van der Waals surface area contributed by atoms with Gasteiger partial charge in [0, 0.05) is 30.0 Å². The Kier molecular flexibility index (Phi) is 8.94. The van der Waals surface area contributed by atoms with Gasteiger partial charge in [-0.25, -0.2) is 4.79 Å². The second kappa shape index (κ2) is 11.8. The van der Waals surface area contributed by atoms with Crippen LogP contribution in [0.2, 0.25) is 0 Å². The highest BCUT2D eigenvalue weighted by Gasteiger charge is 2.31. The van der Waals surface area contributed by atoms with E-state index in [1.54, 1.807) is 18.2 Å². The number of carboxylic acid groups (broad SMARTS) is 1. The minimum atomic E-state index is -4.81. The third kappa shape index (κ3) is 7.52. The lowest BCUT2D eigenvalue weighted by atomic mass is 9.87. The van der Waals surface area contributed by atoms with Crippen molar-refractivity contribution >= 4 is 23.3 Å². The number of amides is 1. The van der Waals surface area contributed by atoms with E-state index in [1.165, 1.54) is 29.2 Å². The van der Waals surface area contributed by atoms with Crippen LogP contribution in [0.3, 0.4) is 0 Å². The van der Waals surface area contributed by atoms with Crippen LogP contribution in [0.15, 0.2) is 66.7 Å². The highest BCUT2D eigenvalue weighted by Crippen LogP contribution is 2.36. The SMILES string of the molecule is CCN(CC)c1ccc(N(Cc2ccc(C(C)(C)C)cc2)C(=O)C(=O)O)cc1-c1ccc(OC(F)(F)F)cc1. The van der Waals surface area contributed by atoms with Crippen molar-refractivity contribution in [1.29, 1.82) is 0 Å². The molecule has 0 heterocycles. The van der Waals surface area contributed by atoms with Crippen LogP contribution in [0.25, 0.3) is 11.1 Å². The summed E-state index contributed by atoms with van der Waals surface area (Å²) in [5.41, 5.74) is 4.16. The van der Waals surface area contributed by atoms with Crippen LogP contribution in [0.1, 0.15) is 45.7 Å². The van der Waals surface area contributed by atoms with Crippen molar-refractivity contribution in [3.63, 3.8) is 0 Å². The Morgan fingerprint density at radius 3 is 1.95 bits per heavy atom. The van der Waals surface area contributed by atoms with E-state index in [2.05, 4.69) is 30.4 Å². The average molecular weight is 543 g/mol. The van der Waals surface area contributed by atoms with Gasteiger partial charge in [0.15, 0.2) is 0 Å². The van der Waals surface area contributed by atoms with Crippen LogP contribution < -0.4 is 14.5 Å². The average Bonchev–Trinajstić information content (AvgIpc) is 2.87. The predicted molar refractivity (Wildman–Crippen MR) is 146 cm³/mol. The van der Waals surface area contributed by atoms with E-state index in [0.717, 1.165) is 16.8 Å². The van der Waals surface area contributed by atoms with Gasteiger partial charge in [-0.3, -0.25) is 9.69 Å². The zero-order valence-electron chi connectivity index (χ0n) is 22.7. The van der Waals surface area contributed by atoms with Crippen molar-refractivity contribution in [3.05, 3.63) is 77.9 Å². The molecule has 3 rings (SSSR count). The van der Waals surface area contributed by atoms with Crippen LogP contribution in [0, 0.1) is 0 Å². The first-order chi connectivity index (χ1) is 18.2. The Morgan fingerprint density at radius 2 is 1.46 bits per heavy atom. The molecule has 0 aliphatic carbocycles. The highest BCUT2D eigenvalue weighted by molar-refractivity contribution is 6.37. The number of benzene rings is 3. The summed E-state index contributed by atoms with van der Waals surface area (Å²) in [7, 11) is 0. The quantitative estimate of drug-likeness (QED) is 0.310. The third-order valence-corrected chi connectivity index (χ3v) is 6.38. The lowest BCUT2D eigenvalue weighted by molar-refractivity contribution is -0.274. The van der Waals surface area contributed by atoms with Gasteiger partial charge in [0.05, 0.1) is 6.54 Å². The minimum Gasteiger partial charge on any atom is -0.474 e. The number of nitrogens with zero attached hydrogens (tertiary/aromatic N) is 2. The van der Waals surface area contributed by atoms with Gasteiger partial charge in [-0.1, -0.05) is 57.2 Å². The second-order valence-electron chi connectivity index (χ2n) is 10.1. The van der Waals surface area contributed by atoms with Crippen molar-refractivity contribution in [3.8, 4) is 16.9 Å². The Balaban J connectivity index is 2.08. The number of hydrogen-bond donors (Lipinski definition) is 1. The summed E-state index contributed by atoms with van der Waals surface area (Å²) >= 11 is 0. The molecule has 1 N–H and O–H groups in total. The first kappa shape index (κ1) is 29.5. The zero-order chi connectivity index (χ0) is 29.0. The molecule has 6 nitrogen and oxygen atoms in total. The number of aliphatic carboxylic acids is 1. The monoisotopic (exact) mass is 542 g/mol. The van der Waals surface area contributed by atoms with Crippen molar-refractivity contribution in [2.45, 2.75) is 52.9 Å². The summed E-state index contributed by atoms with van der Waals surface area (Å²) < 4.78 is 42.0. The molecule has 0 unspecified atom stereocenters. The van der Waals surface area contributed by atoms with E-state index in [1.807, 2.05) is 38.1 Å². The van der Waals surface area contributed by atoms with Crippen LogP contribution >= 0.6 is 0 Å². The fourth-order valence-electron chi connectivity index (χ4n) is 4.29. The Labute approximate surface area is 226 Å². The molecule has 39 heavy (non-hydrogen) atoms. The molecular weight excluding hydrogens is 509 g/mol. The van der Waals surface area contributed by atoms with Gasteiger partial charge in [0.2, 0.25) is 0 Å². The van der Waals surface area contributed by atoms with Crippen molar-refractivity contribution in [2.24, 2.45) is 0 Å². The maximum atomic E-state index is 12.8. The summed E-state index contributed by atoms with van der Waals surface area (Å²) in [5, 5.41) is 9.57. The van der Waals surface area contributed by atoms with E-state index in [9.17, 15) is 27.9 Å². The van der Waals surface area contributed by atoms with Gasteiger partial charge < -0.3 is 14.7 Å². The number of hydrogen-bond acceptors (Lipinski definition) is 4. The number of rotatable bonds is 8. The van der Waals surface area contributed by atoms with E-state index in [-0.39, 0.29) is 17.7 Å². The number of halogens is 3. The van der Waals surface area contributed by atoms with Gasteiger partial charge >= 0.3 is 18.2 Å². The number of carboxylic acids is 1. The molecular formula is C30H33F3N2O4. The summed E-state index contributed by atoms with van der Waals surface area (Å²) in [5.74, 6) is -3.04. The molecule has 0 spiro atoms. The lowest BCUT2D eigenvalue weighted by Crippen LogP contribution is -2.36. The molecule has 0 saturated heterocycles. The molecule has 0 fully saturated rings. The largest absolute Gasteiger partial charge is 0.573 e. The number of ether oxygens (including phenoxy) is 1. The minimum absolute atomic E-state index is 0.0258. The Morgan fingerprint density at radius 1 is 0.872 bits per heavy atom. The van der Waals surface area contributed by atoms with Crippen molar-refractivity contribution < 1.29 is 32.6 Å². The second-order valence-corrected chi connectivity index (χ2v) is 10.1. The molecule has 0 radical (unpaired) electrons. The first-order valence-corrected chi connectivity index (χ1v) is 12.6. The molecule has 3 aromatic carbocycles. The molecule has 9 heteroatoms. The Hall–Kier alpha value is -4.01. The van der Waals surface area contributed by atoms with Gasteiger partial charge in [-0.05, 0) is 66.3 Å². The number of anilines is 2. The topological polar surface area (TPSA) is 70.1 Å². The normalized spacial score (nSPS) is 11.7. The maximum absolute atomic E-state index is 12.8. The van der Waals surface area contributed by atoms with Crippen LogP contribution in [0.5, 0.6) is 5.75 Å². The van der Waals surface area contributed by atoms with Gasteiger partial charge in [-0.15, -0.1) is 13.2 Å². The van der Waals surface area contributed by atoms with Crippen LogP contribution in [-0.4, -0.2) is 36.4 Å². The smallest absolute Gasteiger partial charge is 0.474 e. The standard InChI is InChI=1S/C30H33F3N2O4/c1-6-34(7-2)26-17-14-23(18-25(26)21-10-15-24(16-11-21)39-30(31,32)33)35(27(36)28(37)38)19-20-8-12-22(13-9-20)29(3,4)5/h8-18H,6-7,19H2,1-5H3,(H,37,38). The molecule has 208 valence electrons. The van der Waals surface area contributed by atoms with Crippen molar-refractivity contribution in [1.82, 2.24) is 0 Å². The molecule has 0 aliphatic rings. The van der Waals surface area contributed by atoms with E-state index < -0.39 is 18.2 Å². The van der Waals surface area contributed by atoms with Gasteiger partial charge in [0.25, 0.3) is 0 Å². The zero-order valence-corrected chi connectivity index (χ0v) is 22.7. The first-order valence-electron chi connectivity index (χ1n) is 12.6.